The van der Waals surface area contributed by atoms with Crippen molar-refractivity contribution in [3.8, 4) is 11.5 Å². The average Bonchev–Trinajstić information content (AvgIpc) is 2.97. The fourth-order valence-corrected chi connectivity index (χ4v) is 3.11. The van der Waals surface area contributed by atoms with E-state index in [4.69, 9.17) is 14.2 Å². The van der Waals surface area contributed by atoms with Crippen LogP contribution in [-0.2, 0) is 14.3 Å². The number of esters is 1. The van der Waals surface area contributed by atoms with E-state index in [9.17, 15) is 9.59 Å². The molecule has 3 rings (SSSR count). The maximum absolute atomic E-state index is 13.2. The third-order valence-electron chi connectivity index (χ3n) is 4.53. The van der Waals surface area contributed by atoms with Crippen molar-refractivity contribution in [3.05, 3.63) is 70.9 Å². The lowest BCUT2D eigenvalue weighted by molar-refractivity contribution is -0.136. The van der Waals surface area contributed by atoms with E-state index in [1.807, 2.05) is 12.1 Å². The van der Waals surface area contributed by atoms with E-state index in [1.165, 1.54) is 12.0 Å². The number of allylic oxidation sites excluding steroid dienone is 1. The van der Waals surface area contributed by atoms with Gasteiger partial charge in [-0.2, -0.15) is 0 Å². The Kier molecular flexibility index (Phi) is 5.49. The molecule has 1 aliphatic rings. The van der Waals surface area contributed by atoms with Gasteiger partial charge in [-0.05, 0) is 42.8 Å². The van der Waals surface area contributed by atoms with Crippen LogP contribution in [0.25, 0.3) is 6.08 Å². The zero-order chi connectivity index (χ0) is 20.3. The number of methoxy groups -OCH3 is 3. The molecule has 0 aromatic heterocycles. The molecule has 0 spiro atoms. The average molecular weight is 379 g/mol. The molecule has 28 heavy (non-hydrogen) atoms. The summed E-state index contributed by atoms with van der Waals surface area (Å²) in [7, 11) is 4.44. The first kappa shape index (κ1) is 19.2. The molecular weight excluding hydrogens is 358 g/mol. The van der Waals surface area contributed by atoms with Gasteiger partial charge in [0.05, 0.1) is 38.2 Å². The van der Waals surface area contributed by atoms with Gasteiger partial charge in [-0.25, -0.2) is 4.79 Å². The summed E-state index contributed by atoms with van der Waals surface area (Å²) in [6, 6.07) is 14.3. The summed E-state index contributed by atoms with van der Waals surface area (Å²) in [6.07, 6.45) is 1.68. The predicted molar refractivity (Wildman–Crippen MR) is 106 cm³/mol. The summed E-state index contributed by atoms with van der Waals surface area (Å²) in [5, 5.41) is 0. The second-order valence-electron chi connectivity index (χ2n) is 6.13. The molecule has 0 aliphatic carbocycles. The number of ether oxygens (including phenoxy) is 3. The largest absolute Gasteiger partial charge is 0.497 e. The van der Waals surface area contributed by atoms with E-state index in [0.717, 1.165) is 5.56 Å². The molecule has 0 bridgehead atoms. The Labute approximate surface area is 163 Å². The van der Waals surface area contributed by atoms with Crippen molar-refractivity contribution >= 4 is 23.6 Å². The second-order valence-corrected chi connectivity index (χ2v) is 6.13. The standard InChI is InChI=1S/C22H21NO5/c1-14-20(22(25)28-4)19(12-15-8-10-17(26-2)11-9-15)21(24)23(14)16-6-5-7-18(13-16)27-3/h5-13H,1-4H3/b19-12-. The quantitative estimate of drug-likeness (QED) is 0.587. The smallest absolute Gasteiger partial charge is 0.340 e. The third-order valence-corrected chi connectivity index (χ3v) is 4.53. The van der Waals surface area contributed by atoms with Crippen LogP contribution in [-0.4, -0.2) is 33.2 Å². The summed E-state index contributed by atoms with van der Waals surface area (Å²) in [6.45, 7) is 1.72. The first-order valence-electron chi connectivity index (χ1n) is 8.64. The van der Waals surface area contributed by atoms with Gasteiger partial charge >= 0.3 is 5.97 Å². The second kappa shape index (κ2) is 8.00. The van der Waals surface area contributed by atoms with E-state index in [2.05, 4.69) is 0 Å². The number of hydrogen-bond donors (Lipinski definition) is 0. The monoisotopic (exact) mass is 379 g/mol. The van der Waals surface area contributed by atoms with Gasteiger partial charge in [0.2, 0.25) is 0 Å². The van der Waals surface area contributed by atoms with Crippen LogP contribution in [0.1, 0.15) is 12.5 Å². The van der Waals surface area contributed by atoms with E-state index < -0.39 is 5.97 Å². The van der Waals surface area contributed by atoms with Crippen molar-refractivity contribution < 1.29 is 23.8 Å². The van der Waals surface area contributed by atoms with E-state index in [1.54, 1.807) is 63.6 Å². The lowest BCUT2D eigenvalue weighted by Gasteiger charge is -2.18. The topological polar surface area (TPSA) is 65.1 Å². The van der Waals surface area contributed by atoms with Gasteiger partial charge in [0, 0.05) is 11.8 Å². The molecule has 1 heterocycles. The number of carbonyl (C=O) groups is 2. The molecule has 6 nitrogen and oxygen atoms in total. The fraction of sp³-hybridized carbons (Fsp3) is 0.182. The Morgan fingerprint density at radius 1 is 0.964 bits per heavy atom. The molecule has 0 atom stereocenters. The molecule has 6 heteroatoms. The van der Waals surface area contributed by atoms with Crippen LogP contribution >= 0.6 is 0 Å². The number of nitrogens with zero attached hydrogens (tertiary/aromatic N) is 1. The number of hydrogen-bond acceptors (Lipinski definition) is 5. The minimum atomic E-state index is -0.559. The summed E-state index contributed by atoms with van der Waals surface area (Å²) in [5.41, 5.74) is 2.40. The maximum Gasteiger partial charge on any atom is 0.340 e. The fourth-order valence-electron chi connectivity index (χ4n) is 3.11. The summed E-state index contributed by atoms with van der Waals surface area (Å²) < 4.78 is 15.3. The summed E-state index contributed by atoms with van der Waals surface area (Å²) >= 11 is 0. The molecule has 1 amide bonds. The molecule has 144 valence electrons. The number of anilines is 1. The number of carbonyl (C=O) groups excluding carboxylic acids is 2. The highest BCUT2D eigenvalue weighted by Gasteiger charge is 2.38. The lowest BCUT2D eigenvalue weighted by atomic mass is 10.0. The minimum absolute atomic E-state index is 0.242. The highest BCUT2D eigenvalue weighted by Crippen LogP contribution is 2.36. The van der Waals surface area contributed by atoms with Crippen LogP contribution in [0.4, 0.5) is 5.69 Å². The first-order valence-corrected chi connectivity index (χ1v) is 8.64. The molecule has 2 aromatic carbocycles. The Balaban J connectivity index is 2.10. The van der Waals surface area contributed by atoms with E-state index in [0.29, 0.717) is 22.9 Å². The SMILES string of the molecule is COC(=O)C1=C(C)N(c2cccc(OC)c2)C(=O)/C1=C\c1ccc(OC)cc1. The van der Waals surface area contributed by atoms with Crippen molar-refractivity contribution in [1.29, 1.82) is 0 Å². The Bertz CT molecular complexity index is 973. The van der Waals surface area contributed by atoms with E-state index >= 15 is 0 Å². The minimum Gasteiger partial charge on any atom is -0.497 e. The van der Waals surface area contributed by atoms with Crippen molar-refractivity contribution in [1.82, 2.24) is 0 Å². The number of rotatable bonds is 5. The van der Waals surface area contributed by atoms with Crippen molar-refractivity contribution in [2.75, 3.05) is 26.2 Å². The van der Waals surface area contributed by atoms with Crippen LogP contribution in [0.15, 0.2) is 65.4 Å². The van der Waals surface area contributed by atoms with Crippen LogP contribution < -0.4 is 14.4 Å². The first-order chi connectivity index (χ1) is 13.5. The van der Waals surface area contributed by atoms with Gasteiger partial charge in [0.1, 0.15) is 11.5 Å². The van der Waals surface area contributed by atoms with Crippen molar-refractivity contribution in [2.24, 2.45) is 0 Å². The molecule has 0 N–H and O–H groups in total. The Morgan fingerprint density at radius 2 is 1.64 bits per heavy atom. The van der Waals surface area contributed by atoms with Gasteiger partial charge in [0.15, 0.2) is 0 Å². The summed E-state index contributed by atoms with van der Waals surface area (Å²) in [4.78, 5) is 27.1. The normalized spacial score (nSPS) is 15.2. The highest BCUT2D eigenvalue weighted by atomic mass is 16.5. The van der Waals surface area contributed by atoms with Crippen molar-refractivity contribution in [3.63, 3.8) is 0 Å². The van der Waals surface area contributed by atoms with Crippen LogP contribution in [0.2, 0.25) is 0 Å². The Morgan fingerprint density at radius 3 is 2.25 bits per heavy atom. The van der Waals surface area contributed by atoms with Crippen LogP contribution in [0.3, 0.4) is 0 Å². The highest BCUT2D eigenvalue weighted by molar-refractivity contribution is 6.23. The van der Waals surface area contributed by atoms with Gasteiger partial charge < -0.3 is 14.2 Å². The molecule has 0 unspecified atom stereocenters. The maximum atomic E-state index is 13.2. The van der Waals surface area contributed by atoms with Crippen LogP contribution in [0.5, 0.6) is 11.5 Å². The molecule has 2 aromatic rings. The molecule has 0 saturated heterocycles. The predicted octanol–water partition coefficient (Wildman–Crippen LogP) is 3.58. The van der Waals surface area contributed by atoms with Gasteiger partial charge in [-0.1, -0.05) is 18.2 Å². The zero-order valence-electron chi connectivity index (χ0n) is 16.2. The van der Waals surface area contributed by atoms with Crippen molar-refractivity contribution in [2.45, 2.75) is 6.92 Å². The third kappa shape index (κ3) is 3.49. The van der Waals surface area contributed by atoms with Gasteiger partial charge in [0.25, 0.3) is 5.91 Å². The Hall–Kier alpha value is -3.54. The molecule has 1 aliphatic heterocycles. The zero-order valence-corrected chi connectivity index (χ0v) is 16.2. The van der Waals surface area contributed by atoms with Gasteiger partial charge in [-0.3, -0.25) is 9.69 Å². The molecule has 0 radical (unpaired) electrons. The molecule has 0 saturated carbocycles. The van der Waals surface area contributed by atoms with Crippen LogP contribution in [0, 0.1) is 0 Å². The molecular formula is C22H21NO5. The van der Waals surface area contributed by atoms with Gasteiger partial charge in [-0.15, -0.1) is 0 Å². The lowest BCUT2D eigenvalue weighted by Crippen LogP contribution is -2.24. The molecule has 0 fully saturated rings. The number of benzene rings is 2. The number of amides is 1. The van der Waals surface area contributed by atoms with E-state index in [-0.39, 0.29) is 17.1 Å². The summed E-state index contributed by atoms with van der Waals surface area (Å²) in [5.74, 6) is 0.459.